The Hall–Kier alpha value is -3.47. The van der Waals surface area contributed by atoms with Gasteiger partial charge in [0.15, 0.2) is 0 Å². The lowest BCUT2D eigenvalue weighted by Gasteiger charge is -2.34. The molecule has 2 amide bonds. The Labute approximate surface area is 276 Å². The molecule has 0 spiro atoms. The molecule has 0 aromatic heterocycles. The van der Waals surface area contributed by atoms with E-state index in [4.69, 9.17) is 0 Å². The highest BCUT2D eigenvalue weighted by Gasteiger charge is 2.34. The highest BCUT2D eigenvalue weighted by molar-refractivity contribution is 9.10. The van der Waals surface area contributed by atoms with Crippen molar-refractivity contribution in [1.82, 2.24) is 10.2 Å². The fourth-order valence-electron chi connectivity index (χ4n) is 4.73. The summed E-state index contributed by atoms with van der Waals surface area (Å²) in [5.41, 5.74) is 2.93. The molecule has 0 bridgehead atoms. The molecule has 0 aliphatic carbocycles. The molecular formula is C34H35Br2N3O4S. The van der Waals surface area contributed by atoms with Crippen molar-refractivity contribution in [3.8, 4) is 0 Å². The van der Waals surface area contributed by atoms with Crippen molar-refractivity contribution in [2.24, 2.45) is 0 Å². The summed E-state index contributed by atoms with van der Waals surface area (Å²) in [6, 6.07) is 29.4. The van der Waals surface area contributed by atoms with Crippen LogP contribution in [-0.2, 0) is 32.6 Å². The van der Waals surface area contributed by atoms with Gasteiger partial charge in [-0.05, 0) is 73.0 Å². The van der Waals surface area contributed by atoms with Gasteiger partial charge < -0.3 is 10.2 Å². The van der Waals surface area contributed by atoms with Crippen molar-refractivity contribution in [3.05, 3.63) is 129 Å². The Balaban J connectivity index is 1.79. The van der Waals surface area contributed by atoms with Gasteiger partial charge in [0, 0.05) is 28.5 Å². The Kier molecular flexibility index (Phi) is 11.8. The summed E-state index contributed by atoms with van der Waals surface area (Å²) in [4.78, 5) is 29.7. The molecule has 4 rings (SSSR count). The molecule has 0 aliphatic heterocycles. The normalized spacial score (nSPS) is 11.9. The number of anilines is 1. The van der Waals surface area contributed by atoms with Crippen LogP contribution in [0.3, 0.4) is 0 Å². The number of halogens is 2. The van der Waals surface area contributed by atoms with E-state index in [2.05, 4.69) is 37.2 Å². The zero-order valence-electron chi connectivity index (χ0n) is 24.6. The van der Waals surface area contributed by atoms with E-state index in [-0.39, 0.29) is 23.8 Å². The molecule has 4 aromatic rings. The number of amides is 2. The molecule has 44 heavy (non-hydrogen) atoms. The largest absolute Gasteiger partial charge is 0.354 e. The van der Waals surface area contributed by atoms with E-state index in [0.717, 1.165) is 36.4 Å². The maximum atomic E-state index is 14.4. The molecule has 0 saturated heterocycles. The molecule has 1 N–H and O–H groups in total. The third-order valence-electron chi connectivity index (χ3n) is 7.06. The van der Waals surface area contributed by atoms with Gasteiger partial charge in [-0.15, -0.1) is 0 Å². The fraction of sp³-hybridized carbons (Fsp3) is 0.235. The van der Waals surface area contributed by atoms with Crippen LogP contribution in [-0.4, -0.2) is 44.3 Å². The maximum absolute atomic E-state index is 14.4. The quantitative estimate of drug-likeness (QED) is 0.162. The third kappa shape index (κ3) is 8.80. The van der Waals surface area contributed by atoms with Crippen LogP contribution >= 0.6 is 31.9 Å². The first kappa shape index (κ1) is 33.4. The summed E-state index contributed by atoms with van der Waals surface area (Å²) in [5.74, 6) is -0.799. The van der Waals surface area contributed by atoms with Crippen LogP contribution in [0.4, 0.5) is 5.69 Å². The number of carbonyl (C=O) groups excluding carboxylic acids is 2. The van der Waals surface area contributed by atoms with Crippen LogP contribution in [0.2, 0.25) is 0 Å². The second-order valence-electron chi connectivity index (χ2n) is 10.4. The van der Waals surface area contributed by atoms with Crippen molar-refractivity contribution in [2.45, 2.75) is 44.2 Å². The van der Waals surface area contributed by atoms with Gasteiger partial charge in [0.2, 0.25) is 11.8 Å². The van der Waals surface area contributed by atoms with E-state index in [1.807, 2.05) is 68.4 Å². The van der Waals surface area contributed by atoms with Gasteiger partial charge in [-0.1, -0.05) is 98.9 Å². The lowest BCUT2D eigenvalue weighted by molar-refractivity contribution is -0.140. The fourth-order valence-corrected chi connectivity index (χ4v) is 6.85. The maximum Gasteiger partial charge on any atom is 0.264 e. The number of hydrogen-bond donors (Lipinski definition) is 1. The van der Waals surface area contributed by atoms with E-state index < -0.39 is 28.5 Å². The zero-order valence-corrected chi connectivity index (χ0v) is 28.6. The number of nitrogens with one attached hydrogen (secondary N) is 1. The van der Waals surface area contributed by atoms with Gasteiger partial charge in [0.05, 0.1) is 10.6 Å². The molecule has 0 aliphatic rings. The van der Waals surface area contributed by atoms with E-state index >= 15 is 0 Å². The van der Waals surface area contributed by atoms with Crippen LogP contribution in [0.25, 0.3) is 0 Å². The summed E-state index contributed by atoms with van der Waals surface area (Å²) in [6.07, 6.45) is 0.995. The average Bonchev–Trinajstić information content (AvgIpc) is 3.01. The van der Waals surface area contributed by atoms with Gasteiger partial charge in [-0.3, -0.25) is 13.9 Å². The molecule has 0 heterocycles. The molecule has 1 atom stereocenters. The first-order chi connectivity index (χ1) is 21.1. The number of sulfonamides is 1. The predicted octanol–water partition coefficient (Wildman–Crippen LogP) is 6.88. The number of hydrogen-bond acceptors (Lipinski definition) is 4. The van der Waals surface area contributed by atoms with Crippen LogP contribution in [0.15, 0.2) is 117 Å². The van der Waals surface area contributed by atoms with E-state index in [9.17, 15) is 18.0 Å². The van der Waals surface area contributed by atoms with Crippen LogP contribution < -0.4 is 9.62 Å². The standard InChI is InChI=1S/C34H35Br2N3O4S/c1-3-20-37-34(41)32(22-26-8-5-4-6-9-26)38(23-27-10-7-11-29(36)21-27)33(40)24-39(30-16-14-28(35)15-17-30)44(42,43)31-18-12-25(2)13-19-31/h4-19,21,32H,3,20,22-24H2,1-2H3,(H,37,41)/t32-/m1/s1. The predicted molar refractivity (Wildman–Crippen MR) is 182 cm³/mol. The van der Waals surface area contributed by atoms with Gasteiger partial charge >= 0.3 is 0 Å². The smallest absolute Gasteiger partial charge is 0.264 e. The molecule has 0 fully saturated rings. The average molecular weight is 742 g/mol. The number of nitrogens with zero attached hydrogens (tertiary/aromatic N) is 2. The zero-order chi connectivity index (χ0) is 31.7. The Morgan fingerprint density at radius 3 is 2.11 bits per heavy atom. The second kappa shape index (κ2) is 15.5. The minimum atomic E-state index is -4.15. The van der Waals surface area contributed by atoms with E-state index in [1.165, 1.54) is 17.0 Å². The highest BCUT2D eigenvalue weighted by Crippen LogP contribution is 2.27. The van der Waals surface area contributed by atoms with Crippen molar-refractivity contribution < 1.29 is 18.0 Å². The number of carbonyl (C=O) groups is 2. The van der Waals surface area contributed by atoms with Gasteiger partial charge in [0.1, 0.15) is 12.6 Å². The van der Waals surface area contributed by atoms with Crippen LogP contribution in [0, 0.1) is 6.92 Å². The number of aryl methyl sites for hydroxylation is 1. The molecule has 4 aromatic carbocycles. The lowest BCUT2D eigenvalue weighted by Crippen LogP contribution is -2.53. The summed E-state index contributed by atoms with van der Waals surface area (Å²) in [7, 11) is -4.15. The van der Waals surface area contributed by atoms with Crippen LogP contribution in [0.1, 0.15) is 30.0 Å². The molecule has 0 saturated carbocycles. The van der Waals surface area contributed by atoms with Crippen molar-refractivity contribution in [1.29, 1.82) is 0 Å². The Bertz CT molecular complexity index is 1670. The molecule has 7 nitrogen and oxygen atoms in total. The van der Waals surface area contributed by atoms with E-state index in [1.54, 1.807) is 36.4 Å². The van der Waals surface area contributed by atoms with Gasteiger partial charge in [0.25, 0.3) is 10.0 Å². The Morgan fingerprint density at radius 2 is 1.48 bits per heavy atom. The summed E-state index contributed by atoms with van der Waals surface area (Å²) < 4.78 is 30.9. The highest BCUT2D eigenvalue weighted by atomic mass is 79.9. The lowest BCUT2D eigenvalue weighted by atomic mass is 10.0. The topological polar surface area (TPSA) is 86.8 Å². The SMILES string of the molecule is CCCNC(=O)[C@@H](Cc1ccccc1)N(Cc1cccc(Br)c1)C(=O)CN(c1ccc(Br)cc1)S(=O)(=O)c1ccc(C)cc1. The first-order valence-electron chi connectivity index (χ1n) is 14.3. The summed E-state index contributed by atoms with van der Waals surface area (Å²) >= 11 is 6.91. The summed E-state index contributed by atoms with van der Waals surface area (Å²) in [6.45, 7) is 3.90. The molecule has 0 radical (unpaired) electrons. The van der Waals surface area contributed by atoms with Gasteiger partial charge in [-0.2, -0.15) is 0 Å². The summed E-state index contributed by atoms with van der Waals surface area (Å²) in [5, 5.41) is 2.96. The number of rotatable bonds is 13. The molecule has 230 valence electrons. The van der Waals surface area contributed by atoms with E-state index in [0.29, 0.717) is 12.2 Å². The van der Waals surface area contributed by atoms with Gasteiger partial charge in [-0.25, -0.2) is 8.42 Å². The third-order valence-corrected chi connectivity index (χ3v) is 9.87. The van der Waals surface area contributed by atoms with Crippen molar-refractivity contribution in [3.63, 3.8) is 0 Å². The minimum absolute atomic E-state index is 0.0684. The molecular weight excluding hydrogens is 706 g/mol. The minimum Gasteiger partial charge on any atom is -0.354 e. The Morgan fingerprint density at radius 1 is 0.818 bits per heavy atom. The number of benzene rings is 4. The molecule has 10 heteroatoms. The van der Waals surface area contributed by atoms with Crippen molar-refractivity contribution in [2.75, 3.05) is 17.4 Å². The van der Waals surface area contributed by atoms with Crippen LogP contribution in [0.5, 0.6) is 0 Å². The molecule has 0 unspecified atom stereocenters. The first-order valence-corrected chi connectivity index (χ1v) is 17.3. The monoisotopic (exact) mass is 739 g/mol. The van der Waals surface area contributed by atoms with Crippen molar-refractivity contribution >= 4 is 59.4 Å². The second-order valence-corrected chi connectivity index (χ2v) is 14.1.